The second-order valence-electron chi connectivity index (χ2n) is 6.60. The topological polar surface area (TPSA) is 21.1 Å². The largest absolute Gasteiger partial charge is 0.344 e. The Kier molecular flexibility index (Phi) is 2.52. The third-order valence-corrected chi connectivity index (χ3v) is 4.89. The summed E-state index contributed by atoms with van der Waals surface area (Å²) in [6, 6.07) is 8.85. The van der Waals surface area contributed by atoms with Gasteiger partial charge in [-0.2, -0.15) is 0 Å². The van der Waals surface area contributed by atoms with Gasteiger partial charge in [-0.25, -0.2) is 0 Å². The molecular formula is C21H25N3. The Morgan fingerprint density at radius 2 is 2.17 bits per heavy atom. The smallest absolute Gasteiger partial charge is 0.0486 e. The van der Waals surface area contributed by atoms with Crippen molar-refractivity contribution in [2.24, 2.45) is 0 Å². The Labute approximate surface area is 152 Å². The number of aryl methyl sites for hydroxylation is 4. The molecule has 0 bridgehead atoms. The van der Waals surface area contributed by atoms with Crippen LogP contribution >= 0.6 is 0 Å². The highest BCUT2D eigenvalue weighted by molar-refractivity contribution is 5.86. The number of aromatic nitrogens is 2. The highest BCUT2D eigenvalue weighted by Crippen LogP contribution is 2.31. The van der Waals surface area contributed by atoms with E-state index >= 15 is 0 Å². The minimum atomic E-state index is -2.19. The van der Waals surface area contributed by atoms with Crippen molar-refractivity contribution in [3.05, 3.63) is 64.6 Å². The van der Waals surface area contributed by atoms with Crippen LogP contribution in [0, 0.1) is 13.7 Å². The second-order valence-corrected chi connectivity index (χ2v) is 6.60. The van der Waals surface area contributed by atoms with E-state index in [0.29, 0.717) is 5.56 Å². The molecule has 0 N–H and O–H groups in total. The van der Waals surface area contributed by atoms with Crippen molar-refractivity contribution in [3.63, 3.8) is 0 Å². The Hall–Kier alpha value is -2.13. The maximum atomic E-state index is 7.76. The molecule has 3 aromatic rings. The van der Waals surface area contributed by atoms with Crippen molar-refractivity contribution in [1.82, 2.24) is 14.5 Å². The molecule has 4 rings (SSSR count). The Balaban J connectivity index is 1.68. The molecule has 1 aromatic carbocycles. The first-order chi connectivity index (χ1) is 14.0. The molecule has 0 aliphatic carbocycles. The van der Waals surface area contributed by atoms with Gasteiger partial charge in [0.1, 0.15) is 0 Å². The van der Waals surface area contributed by atoms with Gasteiger partial charge in [0.25, 0.3) is 0 Å². The summed E-state index contributed by atoms with van der Waals surface area (Å²) in [5.74, 6) is 0. The lowest BCUT2D eigenvalue weighted by Crippen LogP contribution is -2.27. The first-order valence-corrected chi connectivity index (χ1v) is 8.32. The molecule has 3 heterocycles. The summed E-state index contributed by atoms with van der Waals surface area (Å²) in [6.45, 7) is -1.82. The van der Waals surface area contributed by atoms with E-state index in [0.717, 1.165) is 48.9 Å². The molecule has 24 heavy (non-hydrogen) atoms. The van der Waals surface area contributed by atoms with Crippen LogP contribution < -0.4 is 0 Å². The molecule has 0 saturated carbocycles. The number of fused-ring (bicyclic) bond motifs is 3. The lowest BCUT2D eigenvalue weighted by Gasteiger charge is -2.24. The average Bonchev–Trinajstić information content (AvgIpc) is 2.97. The molecule has 0 amide bonds. The van der Waals surface area contributed by atoms with Crippen LogP contribution in [0.5, 0.6) is 0 Å². The van der Waals surface area contributed by atoms with E-state index in [9.17, 15) is 0 Å². The highest BCUT2D eigenvalue weighted by atomic mass is 15.1. The maximum absolute atomic E-state index is 7.76. The number of benzene rings is 1. The zero-order chi connectivity index (χ0) is 21.7. The molecule has 0 atom stereocenters. The monoisotopic (exact) mass is 325 g/mol. The van der Waals surface area contributed by atoms with E-state index in [2.05, 4.69) is 21.5 Å². The number of nitrogens with zero attached hydrogens (tertiary/aromatic N) is 3. The Morgan fingerprint density at radius 3 is 2.96 bits per heavy atom. The summed E-state index contributed by atoms with van der Waals surface area (Å²) in [5, 5.41) is 1.01. The fraction of sp³-hybridized carbons (Fsp3) is 0.381. The minimum absolute atomic E-state index is 0.107. The van der Waals surface area contributed by atoms with Crippen LogP contribution in [0.15, 0.2) is 36.5 Å². The third kappa shape index (κ3) is 2.73. The van der Waals surface area contributed by atoms with E-state index in [1.165, 1.54) is 11.3 Å². The van der Waals surface area contributed by atoms with Crippen molar-refractivity contribution in [1.29, 1.82) is 0 Å². The van der Waals surface area contributed by atoms with E-state index in [1.807, 2.05) is 18.2 Å². The van der Waals surface area contributed by atoms with Crippen LogP contribution in [0.3, 0.4) is 0 Å². The highest BCUT2D eigenvalue weighted by Gasteiger charge is 2.22. The second kappa shape index (κ2) is 6.06. The summed E-state index contributed by atoms with van der Waals surface area (Å²) < 4.78 is 47.9. The van der Waals surface area contributed by atoms with Gasteiger partial charge in [0.15, 0.2) is 0 Å². The Bertz CT molecular complexity index is 1060. The summed E-state index contributed by atoms with van der Waals surface area (Å²) in [4.78, 5) is 6.36. The summed E-state index contributed by atoms with van der Waals surface area (Å²) in [5.41, 5.74) is 4.97. The zero-order valence-corrected chi connectivity index (χ0v) is 13.8. The van der Waals surface area contributed by atoms with E-state index < -0.39 is 13.7 Å². The molecule has 3 heteroatoms. The van der Waals surface area contributed by atoms with Gasteiger partial charge in [0.2, 0.25) is 0 Å². The van der Waals surface area contributed by atoms with Crippen molar-refractivity contribution in [3.8, 4) is 0 Å². The first kappa shape index (κ1) is 10.00. The predicted molar refractivity (Wildman–Crippen MR) is 99.4 cm³/mol. The number of hydrogen-bond acceptors (Lipinski definition) is 2. The van der Waals surface area contributed by atoms with Crippen LogP contribution in [0.2, 0.25) is 0 Å². The maximum Gasteiger partial charge on any atom is 0.0486 e. The van der Waals surface area contributed by atoms with Crippen LogP contribution in [0.1, 0.15) is 36.3 Å². The molecule has 3 nitrogen and oxygen atoms in total. The van der Waals surface area contributed by atoms with Gasteiger partial charge < -0.3 is 9.47 Å². The van der Waals surface area contributed by atoms with Gasteiger partial charge >= 0.3 is 0 Å². The fourth-order valence-corrected chi connectivity index (χ4v) is 3.65. The molecule has 0 radical (unpaired) electrons. The summed E-state index contributed by atoms with van der Waals surface area (Å²) >= 11 is 0. The summed E-state index contributed by atoms with van der Waals surface area (Å²) in [6.07, 6.45) is 3.28. The van der Waals surface area contributed by atoms with Gasteiger partial charge in [-0.3, -0.25) is 4.98 Å². The first-order valence-electron chi connectivity index (χ1n) is 11.3. The number of likely N-dealkylation sites (N-methyl/N-ethyl adjacent to an activating group) is 1. The quantitative estimate of drug-likeness (QED) is 0.728. The molecule has 2 aromatic heterocycles. The number of rotatable bonds is 3. The van der Waals surface area contributed by atoms with Gasteiger partial charge in [-0.1, -0.05) is 17.7 Å². The third-order valence-electron chi connectivity index (χ3n) is 4.89. The van der Waals surface area contributed by atoms with E-state index in [-0.39, 0.29) is 5.69 Å². The van der Waals surface area contributed by atoms with Crippen LogP contribution in [0.25, 0.3) is 10.9 Å². The number of pyridine rings is 1. The molecule has 1 aliphatic heterocycles. The predicted octanol–water partition coefficient (Wildman–Crippen LogP) is 3.88. The normalized spacial score (nSPS) is 19.7. The van der Waals surface area contributed by atoms with Gasteiger partial charge in [-0.05, 0) is 56.5 Å². The molecule has 0 unspecified atom stereocenters. The van der Waals surface area contributed by atoms with Crippen LogP contribution in [0.4, 0.5) is 0 Å². The van der Waals surface area contributed by atoms with E-state index in [4.69, 9.17) is 8.22 Å². The average molecular weight is 325 g/mol. The molecular weight excluding hydrogens is 294 g/mol. The SMILES string of the molecule is [2H]C([2H])([2H])c1ccc2c(c1)c1c(n2CCc2ccc(C([2H])([2H])[2H])nc2)CCN(C)C1. The van der Waals surface area contributed by atoms with Crippen molar-refractivity contribution < 1.29 is 8.22 Å². The molecule has 124 valence electrons. The van der Waals surface area contributed by atoms with Gasteiger partial charge in [0, 0.05) is 62.8 Å². The van der Waals surface area contributed by atoms with Crippen LogP contribution in [-0.2, 0) is 25.9 Å². The Morgan fingerprint density at radius 1 is 1.21 bits per heavy atom. The fourth-order valence-electron chi connectivity index (χ4n) is 3.65. The molecule has 1 aliphatic rings. The summed E-state index contributed by atoms with van der Waals surface area (Å²) in [7, 11) is 2.08. The minimum Gasteiger partial charge on any atom is -0.344 e. The molecule has 0 fully saturated rings. The zero-order valence-electron chi connectivity index (χ0n) is 19.8. The molecule has 0 spiro atoms. The standard InChI is InChI=1S/C21H25N3/c1-15-4-7-20-18(12-15)19-14-23(3)10-9-21(19)24(20)11-8-17-6-5-16(2)22-13-17/h4-7,12-13H,8-11,14H2,1-3H3/i1D3,2D3. The van der Waals surface area contributed by atoms with E-state index in [1.54, 1.807) is 18.3 Å². The van der Waals surface area contributed by atoms with Crippen LogP contribution in [-0.4, -0.2) is 28.0 Å². The van der Waals surface area contributed by atoms with Gasteiger partial charge in [0.05, 0.1) is 0 Å². The van der Waals surface area contributed by atoms with Crippen molar-refractivity contribution in [2.45, 2.75) is 39.6 Å². The lowest BCUT2D eigenvalue weighted by atomic mass is 10.0. The van der Waals surface area contributed by atoms with Gasteiger partial charge in [-0.15, -0.1) is 0 Å². The number of hydrogen-bond donors (Lipinski definition) is 0. The molecule has 0 saturated heterocycles. The van der Waals surface area contributed by atoms with Crippen molar-refractivity contribution in [2.75, 3.05) is 13.6 Å². The van der Waals surface area contributed by atoms with Crippen molar-refractivity contribution >= 4 is 10.9 Å². The lowest BCUT2D eigenvalue weighted by molar-refractivity contribution is 0.309.